The standard InChI is InChI=1S/C25H23ClN4O7S2/c1-15-11-16(2)13-20(12-15)38(34,35)24-21-14-17(26)3-8-22(21)29-23(24)25(31)27-9-10-28-39(36,37)19-6-4-18(5-7-19)30(32)33/h3-8,11-14,28-29H,9-10H2,1-2H3,(H,27,31). The zero-order chi connectivity index (χ0) is 28.5. The van der Waals surface area contributed by atoms with E-state index in [1.54, 1.807) is 26.0 Å². The second-order valence-corrected chi connectivity index (χ2v) is 12.8. The molecule has 0 radical (unpaired) electrons. The maximum atomic E-state index is 13.8. The Kier molecular flexibility index (Phi) is 7.80. The molecule has 1 amide bonds. The number of aromatic amines is 1. The highest BCUT2D eigenvalue weighted by Crippen LogP contribution is 2.34. The Morgan fingerprint density at radius 3 is 2.18 bits per heavy atom. The molecular weight excluding hydrogens is 568 g/mol. The molecule has 0 bridgehead atoms. The number of fused-ring (bicyclic) bond motifs is 1. The number of H-pyrrole nitrogens is 1. The molecule has 39 heavy (non-hydrogen) atoms. The second-order valence-electron chi connectivity index (χ2n) is 8.75. The van der Waals surface area contributed by atoms with Crippen molar-refractivity contribution in [1.82, 2.24) is 15.0 Å². The van der Waals surface area contributed by atoms with Crippen LogP contribution >= 0.6 is 11.6 Å². The number of nitrogens with zero attached hydrogens (tertiary/aromatic N) is 1. The summed E-state index contributed by atoms with van der Waals surface area (Å²) in [5, 5.41) is 13.8. The molecule has 1 heterocycles. The molecule has 4 aromatic rings. The first-order valence-electron chi connectivity index (χ1n) is 11.5. The number of carbonyl (C=O) groups excluding carboxylic acids is 1. The lowest BCUT2D eigenvalue weighted by molar-refractivity contribution is -0.384. The Bertz CT molecular complexity index is 1800. The first-order chi connectivity index (χ1) is 18.3. The topological polar surface area (TPSA) is 168 Å². The van der Waals surface area contributed by atoms with Gasteiger partial charge in [-0.1, -0.05) is 17.7 Å². The van der Waals surface area contributed by atoms with Crippen LogP contribution in [0.15, 0.2) is 75.4 Å². The summed E-state index contributed by atoms with van der Waals surface area (Å²) in [6.45, 7) is 3.13. The van der Waals surface area contributed by atoms with Gasteiger partial charge in [-0.3, -0.25) is 14.9 Å². The Labute approximate surface area is 229 Å². The molecule has 1 aromatic heterocycles. The summed E-state index contributed by atoms with van der Waals surface area (Å²) in [6, 6.07) is 13.8. The largest absolute Gasteiger partial charge is 0.349 e. The number of benzene rings is 3. The first-order valence-corrected chi connectivity index (χ1v) is 14.8. The average Bonchev–Trinajstić information content (AvgIpc) is 3.25. The van der Waals surface area contributed by atoms with Gasteiger partial charge in [0.2, 0.25) is 19.9 Å². The minimum atomic E-state index is -4.17. The van der Waals surface area contributed by atoms with Gasteiger partial charge in [0.1, 0.15) is 10.6 Å². The molecule has 0 saturated carbocycles. The van der Waals surface area contributed by atoms with Crippen molar-refractivity contribution >= 4 is 54.0 Å². The summed E-state index contributed by atoms with van der Waals surface area (Å²) in [4.78, 5) is 25.7. The van der Waals surface area contributed by atoms with E-state index in [1.165, 1.54) is 18.2 Å². The highest BCUT2D eigenvalue weighted by atomic mass is 35.5. The molecule has 0 atom stereocenters. The molecule has 0 saturated heterocycles. The number of sulfone groups is 1. The lowest BCUT2D eigenvalue weighted by atomic mass is 10.2. The van der Waals surface area contributed by atoms with Gasteiger partial charge in [0.15, 0.2) is 0 Å². The fraction of sp³-hybridized carbons (Fsp3) is 0.160. The van der Waals surface area contributed by atoms with Gasteiger partial charge in [-0.15, -0.1) is 0 Å². The summed E-state index contributed by atoms with van der Waals surface area (Å²) >= 11 is 6.14. The molecule has 0 aliphatic carbocycles. The van der Waals surface area contributed by atoms with Gasteiger partial charge in [-0.05, 0) is 67.4 Å². The maximum absolute atomic E-state index is 13.8. The van der Waals surface area contributed by atoms with Gasteiger partial charge in [0, 0.05) is 41.1 Å². The van der Waals surface area contributed by atoms with Gasteiger partial charge < -0.3 is 10.3 Å². The summed E-state index contributed by atoms with van der Waals surface area (Å²) in [7, 11) is -8.18. The number of non-ortho nitro benzene ring substituents is 1. The summed E-state index contributed by atoms with van der Waals surface area (Å²) in [6.07, 6.45) is 0. The Balaban J connectivity index is 1.58. The lowest BCUT2D eigenvalue weighted by Crippen LogP contribution is -2.35. The van der Waals surface area contributed by atoms with E-state index in [0.29, 0.717) is 5.52 Å². The molecule has 3 N–H and O–H groups in total. The number of halogens is 1. The van der Waals surface area contributed by atoms with Crippen LogP contribution < -0.4 is 10.0 Å². The molecule has 3 aromatic carbocycles. The molecule has 0 unspecified atom stereocenters. The fourth-order valence-corrected chi connectivity index (χ4v) is 7.06. The van der Waals surface area contributed by atoms with E-state index in [2.05, 4.69) is 15.0 Å². The normalized spacial score (nSPS) is 12.0. The summed E-state index contributed by atoms with van der Waals surface area (Å²) in [5.41, 5.74) is 1.37. The molecule has 14 heteroatoms. The van der Waals surface area contributed by atoms with Crippen LogP contribution in [0.3, 0.4) is 0 Å². The Morgan fingerprint density at radius 2 is 1.56 bits per heavy atom. The van der Waals surface area contributed by atoms with Crippen LogP contribution in [0.2, 0.25) is 5.02 Å². The van der Waals surface area contributed by atoms with Crippen LogP contribution in [-0.2, 0) is 19.9 Å². The second kappa shape index (κ2) is 10.8. The zero-order valence-electron chi connectivity index (χ0n) is 20.7. The first kappa shape index (κ1) is 28.2. The van der Waals surface area contributed by atoms with Crippen molar-refractivity contribution in [3.63, 3.8) is 0 Å². The van der Waals surface area contributed by atoms with Crippen molar-refractivity contribution in [2.75, 3.05) is 13.1 Å². The molecule has 11 nitrogen and oxygen atoms in total. The van der Waals surface area contributed by atoms with Crippen LogP contribution in [0.4, 0.5) is 5.69 Å². The molecular formula is C25H23ClN4O7S2. The third-order valence-electron chi connectivity index (χ3n) is 5.77. The van der Waals surface area contributed by atoms with Crippen molar-refractivity contribution in [3.05, 3.63) is 92.6 Å². The SMILES string of the molecule is Cc1cc(C)cc(S(=O)(=O)c2c(C(=O)NCCNS(=O)(=O)c3ccc([N+](=O)[O-])cc3)[nH]c3ccc(Cl)cc23)c1. The Morgan fingerprint density at radius 1 is 0.923 bits per heavy atom. The molecule has 0 aliphatic rings. The van der Waals surface area contributed by atoms with E-state index in [1.807, 2.05) is 6.07 Å². The van der Waals surface area contributed by atoms with Gasteiger partial charge in [-0.25, -0.2) is 21.6 Å². The number of carbonyl (C=O) groups is 1. The number of aryl methyl sites for hydroxylation is 2. The number of hydrogen-bond donors (Lipinski definition) is 3. The van der Waals surface area contributed by atoms with E-state index in [0.717, 1.165) is 35.4 Å². The predicted molar refractivity (Wildman–Crippen MR) is 145 cm³/mol. The smallest absolute Gasteiger partial charge is 0.269 e. The van der Waals surface area contributed by atoms with E-state index in [-0.39, 0.29) is 49.6 Å². The Hall–Kier alpha value is -3.78. The third kappa shape index (κ3) is 5.96. The number of nitro benzene ring substituents is 1. The van der Waals surface area contributed by atoms with E-state index < -0.39 is 30.7 Å². The van der Waals surface area contributed by atoms with Gasteiger partial charge in [0.05, 0.1) is 14.7 Å². The number of nitro groups is 1. The van der Waals surface area contributed by atoms with Crippen molar-refractivity contribution in [2.24, 2.45) is 0 Å². The van der Waals surface area contributed by atoms with Crippen LogP contribution in [0, 0.1) is 24.0 Å². The minimum Gasteiger partial charge on any atom is -0.349 e. The lowest BCUT2D eigenvalue weighted by Gasteiger charge is -2.10. The van der Waals surface area contributed by atoms with Crippen molar-refractivity contribution in [1.29, 1.82) is 0 Å². The van der Waals surface area contributed by atoms with E-state index in [4.69, 9.17) is 11.6 Å². The van der Waals surface area contributed by atoms with Gasteiger partial charge >= 0.3 is 0 Å². The van der Waals surface area contributed by atoms with Crippen LogP contribution in [-0.4, -0.2) is 45.7 Å². The number of amides is 1. The molecule has 0 fully saturated rings. The van der Waals surface area contributed by atoms with Crippen molar-refractivity contribution < 1.29 is 26.6 Å². The third-order valence-corrected chi connectivity index (χ3v) is 9.30. The number of hydrogen-bond acceptors (Lipinski definition) is 7. The highest BCUT2D eigenvalue weighted by Gasteiger charge is 2.30. The van der Waals surface area contributed by atoms with Crippen LogP contribution in [0.1, 0.15) is 21.6 Å². The summed E-state index contributed by atoms with van der Waals surface area (Å²) in [5.74, 6) is -0.764. The van der Waals surface area contributed by atoms with E-state index in [9.17, 15) is 31.7 Å². The van der Waals surface area contributed by atoms with Crippen LogP contribution in [0.5, 0.6) is 0 Å². The average molecular weight is 591 g/mol. The number of nitrogens with one attached hydrogen (secondary N) is 3. The molecule has 204 valence electrons. The van der Waals surface area contributed by atoms with Crippen molar-refractivity contribution in [2.45, 2.75) is 28.5 Å². The van der Waals surface area contributed by atoms with Crippen LogP contribution in [0.25, 0.3) is 10.9 Å². The number of sulfonamides is 1. The minimum absolute atomic E-state index is 0.0192. The van der Waals surface area contributed by atoms with Crippen molar-refractivity contribution in [3.8, 4) is 0 Å². The summed E-state index contributed by atoms with van der Waals surface area (Å²) < 4.78 is 54.8. The van der Waals surface area contributed by atoms with Gasteiger partial charge in [0.25, 0.3) is 11.6 Å². The monoisotopic (exact) mass is 590 g/mol. The van der Waals surface area contributed by atoms with E-state index >= 15 is 0 Å². The predicted octanol–water partition coefficient (Wildman–Crippen LogP) is 3.89. The highest BCUT2D eigenvalue weighted by molar-refractivity contribution is 7.91. The number of aromatic nitrogens is 1. The molecule has 0 aliphatic heterocycles. The quantitative estimate of drug-likeness (QED) is 0.151. The fourth-order valence-electron chi connectivity index (χ4n) is 4.06. The molecule has 4 rings (SSSR count). The number of rotatable bonds is 9. The maximum Gasteiger partial charge on any atom is 0.269 e. The molecule has 0 spiro atoms. The zero-order valence-corrected chi connectivity index (χ0v) is 23.1. The van der Waals surface area contributed by atoms with Gasteiger partial charge in [-0.2, -0.15) is 0 Å².